The average molecular weight is 910 g/mol. The van der Waals surface area contributed by atoms with Crippen molar-refractivity contribution in [3.63, 3.8) is 0 Å². The van der Waals surface area contributed by atoms with Gasteiger partial charge in [-0.15, -0.1) is 0 Å². The number of aromatic amines is 1. The van der Waals surface area contributed by atoms with Crippen LogP contribution in [-0.2, 0) is 26.2 Å². The molecule has 2 N–H and O–H groups in total. The number of ether oxygens (including phenoxy) is 1. The van der Waals surface area contributed by atoms with Crippen molar-refractivity contribution in [2.24, 2.45) is 0 Å². The third-order valence-corrected chi connectivity index (χ3v) is 14.7. The van der Waals surface area contributed by atoms with E-state index in [-0.39, 0.29) is 41.6 Å². The summed E-state index contributed by atoms with van der Waals surface area (Å²) in [6.45, 7) is 12.1. The molecule has 4 aliphatic rings. The second-order valence-electron chi connectivity index (χ2n) is 19.0. The Kier molecular flexibility index (Phi) is 14.3. The minimum absolute atomic E-state index is 0.0145. The third kappa shape index (κ3) is 9.35. The number of carbonyl (C=O) groups excluding carboxylic acids is 6. The number of anilines is 1. The number of benzene rings is 3. The number of hydrogen-bond donors (Lipinski definition) is 2. The van der Waals surface area contributed by atoms with Gasteiger partial charge in [-0.1, -0.05) is 58.6 Å². The number of aryl methyl sites for hydroxylation is 1. The number of aromatic nitrogens is 1. The van der Waals surface area contributed by atoms with Crippen molar-refractivity contribution >= 4 is 52.3 Å². The number of carbonyl (C=O) groups is 6. The van der Waals surface area contributed by atoms with Crippen LogP contribution in [0, 0.1) is 11.3 Å². The number of piperidine rings is 1. The number of piperazine rings is 1. The summed E-state index contributed by atoms with van der Waals surface area (Å²) in [5.74, 6) is -0.815. The van der Waals surface area contributed by atoms with Crippen LogP contribution in [0.1, 0.15) is 150 Å². The highest BCUT2D eigenvalue weighted by Crippen LogP contribution is 2.46. The summed E-state index contributed by atoms with van der Waals surface area (Å²) in [6.07, 6.45) is 9.66. The molecule has 1 aliphatic carbocycles. The molecule has 352 valence electrons. The Morgan fingerprint density at radius 2 is 1.63 bits per heavy atom. The Morgan fingerprint density at radius 1 is 0.896 bits per heavy atom. The molecule has 3 aromatic carbocycles. The van der Waals surface area contributed by atoms with E-state index in [1.807, 2.05) is 17.0 Å². The minimum atomic E-state index is -1.04. The maximum atomic E-state index is 14.1. The monoisotopic (exact) mass is 909 g/mol. The van der Waals surface area contributed by atoms with Crippen LogP contribution in [0.25, 0.3) is 10.9 Å². The molecule has 14 nitrogen and oxygen atoms in total. The highest BCUT2D eigenvalue weighted by atomic mass is 16.5. The molecule has 0 bridgehead atoms. The highest BCUT2D eigenvalue weighted by molar-refractivity contribution is 6.23. The van der Waals surface area contributed by atoms with E-state index in [9.17, 15) is 34.0 Å². The van der Waals surface area contributed by atoms with Crippen LogP contribution in [0.3, 0.4) is 0 Å². The van der Waals surface area contributed by atoms with Crippen molar-refractivity contribution in [1.82, 2.24) is 25.0 Å². The lowest BCUT2D eigenvalue weighted by molar-refractivity contribution is -0.133. The minimum Gasteiger partial charge on any atom is -0.493 e. The second-order valence-corrected chi connectivity index (χ2v) is 19.0. The van der Waals surface area contributed by atoms with Crippen LogP contribution in [-0.4, -0.2) is 120 Å². The molecule has 8 rings (SSSR count). The quantitative estimate of drug-likeness (QED) is 0.0596. The number of ketones is 1. The number of nitrogens with one attached hydrogen (secondary N) is 2. The molecule has 4 heterocycles. The van der Waals surface area contributed by atoms with Crippen molar-refractivity contribution in [2.45, 2.75) is 115 Å². The van der Waals surface area contributed by atoms with Gasteiger partial charge >= 0.3 is 0 Å². The van der Waals surface area contributed by atoms with Gasteiger partial charge in [-0.3, -0.25) is 33.8 Å². The lowest BCUT2D eigenvalue weighted by atomic mass is 9.70. The summed E-state index contributed by atoms with van der Waals surface area (Å²) in [6, 6.07) is 16.5. The maximum Gasteiger partial charge on any atom is 0.265 e. The molecule has 3 aliphatic heterocycles. The van der Waals surface area contributed by atoms with Gasteiger partial charge in [0.1, 0.15) is 12.0 Å². The summed E-state index contributed by atoms with van der Waals surface area (Å²) in [4.78, 5) is 88.9. The summed E-state index contributed by atoms with van der Waals surface area (Å²) >= 11 is 0. The molecule has 0 radical (unpaired) electrons. The first-order valence-electron chi connectivity index (χ1n) is 24.2. The number of amides is 4. The third-order valence-electron chi connectivity index (χ3n) is 14.7. The molecule has 67 heavy (non-hydrogen) atoms. The number of unbranched alkanes of at least 4 members (excludes halogenated alkanes) is 5. The molecule has 4 aromatic rings. The second kappa shape index (κ2) is 20.3. The van der Waals surface area contributed by atoms with Crippen molar-refractivity contribution in [3.05, 3.63) is 93.2 Å². The number of hydrogen-bond acceptors (Lipinski definition) is 10. The molecule has 4 amide bonds. The number of rotatable bonds is 18. The van der Waals surface area contributed by atoms with Crippen LogP contribution in [0.5, 0.6) is 5.75 Å². The van der Waals surface area contributed by atoms with Crippen LogP contribution in [0.15, 0.2) is 48.5 Å². The van der Waals surface area contributed by atoms with E-state index >= 15 is 0 Å². The molecule has 2 saturated heterocycles. The first kappa shape index (κ1) is 47.2. The Bertz CT molecular complexity index is 2610. The normalized spacial score (nSPS) is 17.5. The Hall–Kier alpha value is -6.33. The van der Waals surface area contributed by atoms with Crippen LogP contribution in [0.4, 0.5) is 5.69 Å². The summed E-state index contributed by atoms with van der Waals surface area (Å²) in [5, 5.41) is 12.8. The van der Waals surface area contributed by atoms with E-state index in [2.05, 4.69) is 59.1 Å². The molecule has 1 aromatic heterocycles. The smallest absolute Gasteiger partial charge is 0.265 e. The topological polar surface area (TPSA) is 176 Å². The van der Waals surface area contributed by atoms with Gasteiger partial charge in [0, 0.05) is 98.5 Å². The molecule has 2 fully saturated rings. The summed E-state index contributed by atoms with van der Waals surface area (Å²) in [5.41, 5.74) is 7.18. The zero-order valence-electron chi connectivity index (χ0n) is 39.4. The number of nitriles is 1. The number of nitrogens with zero attached hydrogens (tertiary/aromatic N) is 5. The van der Waals surface area contributed by atoms with Gasteiger partial charge in [0.25, 0.3) is 11.8 Å². The van der Waals surface area contributed by atoms with E-state index in [1.165, 1.54) is 18.3 Å². The maximum absolute atomic E-state index is 14.1. The molecule has 0 spiro atoms. The van der Waals surface area contributed by atoms with E-state index in [0.717, 1.165) is 135 Å². The Balaban J connectivity index is 0.737. The molecule has 14 heteroatoms. The summed E-state index contributed by atoms with van der Waals surface area (Å²) < 4.78 is 5.97. The molecule has 1 atom stereocenters. The predicted molar refractivity (Wildman–Crippen MR) is 256 cm³/mol. The standard InChI is InChI=1S/C53H63N7O7/c1-5-35-30-40-41(53(2,3)50-48(49(40)64)38-18-16-34(32-54)29-42(38)56-50)31-43(35)58-22-20-36(21-23-58)57-24-26-59(27-25-57)46(63)15-10-8-6-7-9-11-28-67-44-14-12-13-39-47(44)52(66)60(51(39)65)37(33-61)17-19-45(62)55-4/h12-14,16,18,29-31,33,36-37,56H,5-11,15,17,19-28H2,1-4H3,(H,55,62). The first-order valence-corrected chi connectivity index (χ1v) is 24.2. The van der Waals surface area contributed by atoms with Gasteiger partial charge in [-0.2, -0.15) is 5.26 Å². The number of imide groups is 1. The SMILES string of the molecule is CCc1cc2c(cc1N1CCC(N3CCN(C(=O)CCCCCCCCOc4cccc5c4C(=O)N(C(C=O)CCC(=O)NC)C5=O)CC3)CC1)C(C)(C)c1[nH]c3cc(C#N)ccc3c1C2=O. The predicted octanol–water partition coefficient (Wildman–Crippen LogP) is 7.08. The largest absolute Gasteiger partial charge is 0.493 e. The number of fused-ring (bicyclic) bond motifs is 5. The van der Waals surface area contributed by atoms with E-state index in [0.29, 0.717) is 36.7 Å². The zero-order valence-corrected chi connectivity index (χ0v) is 39.4. The van der Waals surface area contributed by atoms with Gasteiger partial charge in [-0.25, -0.2) is 0 Å². The zero-order chi connectivity index (χ0) is 47.4. The van der Waals surface area contributed by atoms with E-state index < -0.39 is 23.3 Å². The van der Waals surface area contributed by atoms with E-state index in [1.54, 1.807) is 24.3 Å². The van der Waals surface area contributed by atoms with Crippen molar-refractivity contribution in [1.29, 1.82) is 5.26 Å². The first-order chi connectivity index (χ1) is 32.4. The Labute approximate surface area is 393 Å². The molecule has 0 saturated carbocycles. The van der Waals surface area contributed by atoms with E-state index in [4.69, 9.17) is 4.74 Å². The van der Waals surface area contributed by atoms with Crippen LogP contribution >= 0.6 is 0 Å². The van der Waals surface area contributed by atoms with Gasteiger partial charge in [-0.05, 0) is 86.1 Å². The summed E-state index contributed by atoms with van der Waals surface area (Å²) in [7, 11) is 1.49. The fourth-order valence-electron chi connectivity index (χ4n) is 10.7. The molecule has 1 unspecified atom stereocenters. The van der Waals surface area contributed by atoms with Crippen molar-refractivity contribution in [3.8, 4) is 11.8 Å². The Morgan fingerprint density at radius 3 is 2.33 bits per heavy atom. The molecular weight excluding hydrogens is 847 g/mol. The van der Waals surface area contributed by atoms with Crippen molar-refractivity contribution < 1.29 is 33.5 Å². The lowest BCUT2D eigenvalue weighted by Gasteiger charge is -2.44. The fraction of sp³-hybridized carbons (Fsp3) is 0.491. The van der Waals surface area contributed by atoms with Gasteiger partial charge < -0.3 is 29.6 Å². The van der Waals surface area contributed by atoms with Gasteiger partial charge in [0.05, 0.1) is 41.0 Å². The van der Waals surface area contributed by atoms with Crippen LogP contribution in [0.2, 0.25) is 0 Å². The van der Waals surface area contributed by atoms with Gasteiger partial charge in [0.2, 0.25) is 11.8 Å². The average Bonchev–Trinajstić information content (AvgIpc) is 3.87. The fourth-order valence-corrected chi connectivity index (χ4v) is 10.7. The molecular formula is C53H63N7O7. The highest BCUT2D eigenvalue weighted by Gasteiger charge is 2.43. The van der Waals surface area contributed by atoms with Crippen LogP contribution < -0.4 is 15.0 Å². The number of aldehydes is 1. The van der Waals surface area contributed by atoms with Gasteiger partial charge in [0.15, 0.2) is 5.78 Å². The lowest BCUT2D eigenvalue weighted by Crippen LogP contribution is -2.54. The van der Waals surface area contributed by atoms with Crippen molar-refractivity contribution in [2.75, 3.05) is 57.8 Å². The number of H-pyrrole nitrogens is 1.